The maximum Gasteiger partial charge on any atom is 0.319 e. The number of aliphatic carboxylic acids is 1. The number of carboxylic acid groups (broad SMARTS) is 1. The molecule has 0 aliphatic heterocycles. The molecule has 0 saturated heterocycles. The average Bonchev–Trinajstić information content (AvgIpc) is 2.34. The van der Waals surface area contributed by atoms with E-state index in [4.69, 9.17) is 10.8 Å². The number of nitrogen functional groups attached to an aromatic ring is 1. The molecule has 13 heavy (non-hydrogen) atoms. The number of anilines is 1. The normalized spacial score (nSPS) is 11.5. The number of aromatic nitrogens is 3. The Kier molecular flexibility index (Phi) is 2.46. The van der Waals surface area contributed by atoms with Gasteiger partial charge in [0.1, 0.15) is 4.75 Å². The van der Waals surface area contributed by atoms with E-state index < -0.39 is 10.7 Å². The minimum atomic E-state index is -0.950. The fourth-order valence-electron chi connectivity index (χ4n) is 0.576. The van der Waals surface area contributed by atoms with Crippen molar-refractivity contribution in [3.8, 4) is 0 Å². The van der Waals surface area contributed by atoms with Gasteiger partial charge in [0.2, 0.25) is 11.1 Å². The number of nitrogens with one attached hydrogen (secondary N) is 1. The molecule has 0 atom stereocenters. The van der Waals surface area contributed by atoms with Gasteiger partial charge in [0, 0.05) is 0 Å². The predicted octanol–water partition coefficient (Wildman–Crippen LogP) is 0.342. The quantitative estimate of drug-likeness (QED) is 0.610. The van der Waals surface area contributed by atoms with Crippen molar-refractivity contribution < 1.29 is 9.90 Å². The van der Waals surface area contributed by atoms with Crippen LogP contribution >= 0.6 is 11.8 Å². The van der Waals surface area contributed by atoms with Gasteiger partial charge in [-0.2, -0.15) is 4.98 Å². The molecular formula is C6H10N4O2S. The van der Waals surface area contributed by atoms with E-state index in [1.807, 2.05) is 0 Å². The van der Waals surface area contributed by atoms with E-state index in [0.717, 1.165) is 11.8 Å². The summed E-state index contributed by atoms with van der Waals surface area (Å²) >= 11 is 1.04. The van der Waals surface area contributed by atoms with Gasteiger partial charge < -0.3 is 10.8 Å². The van der Waals surface area contributed by atoms with Crippen LogP contribution in [0, 0.1) is 0 Å². The first-order valence-electron chi connectivity index (χ1n) is 3.52. The standard InChI is InChI=1S/C6H10N4O2S/c1-6(2,3(11)12)13-5-8-4(7)9-10-5/h1-2H3,(H,11,12)(H3,7,8,9,10). The topological polar surface area (TPSA) is 105 Å². The summed E-state index contributed by atoms with van der Waals surface area (Å²) in [6, 6.07) is 0. The smallest absolute Gasteiger partial charge is 0.319 e. The molecule has 4 N–H and O–H groups in total. The summed E-state index contributed by atoms with van der Waals surface area (Å²) in [4.78, 5) is 14.5. The number of rotatable bonds is 3. The molecule has 1 rings (SSSR count). The van der Waals surface area contributed by atoms with Crippen LogP contribution in [0.15, 0.2) is 5.16 Å². The second-order valence-electron chi connectivity index (χ2n) is 2.92. The van der Waals surface area contributed by atoms with E-state index >= 15 is 0 Å². The van der Waals surface area contributed by atoms with E-state index in [1.54, 1.807) is 13.8 Å². The summed E-state index contributed by atoms with van der Waals surface area (Å²) in [6.07, 6.45) is 0. The van der Waals surface area contributed by atoms with Gasteiger partial charge in [-0.1, -0.05) is 11.8 Å². The highest BCUT2D eigenvalue weighted by atomic mass is 32.2. The van der Waals surface area contributed by atoms with Crippen LogP contribution in [0.1, 0.15) is 13.8 Å². The SMILES string of the molecule is CC(C)(Sc1n[nH]c(N)n1)C(=O)O. The van der Waals surface area contributed by atoms with E-state index in [2.05, 4.69) is 15.2 Å². The monoisotopic (exact) mass is 202 g/mol. The van der Waals surface area contributed by atoms with Gasteiger partial charge in [0.15, 0.2) is 0 Å². The summed E-state index contributed by atoms with van der Waals surface area (Å²) in [5.74, 6) is -0.732. The lowest BCUT2D eigenvalue weighted by molar-refractivity contribution is -0.138. The van der Waals surface area contributed by atoms with Crippen LogP contribution in [0.5, 0.6) is 0 Å². The van der Waals surface area contributed by atoms with Gasteiger partial charge in [0.25, 0.3) is 0 Å². The molecule has 0 fully saturated rings. The van der Waals surface area contributed by atoms with Crippen LogP contribution in [0.3, 0.4) is 0 Å². The van der Waals surface area contributed by atoms with E-state index in [-0.39, 0.29) is 5.95 Å². The molecule has 0 unspecified atom stereocenters. The number of nitrogens with two attached hydrogens (primary N) is 1. The van der Waals surface area contributed by atoms with Crippen molar-refractivity contribution in [1.82, 2.24) is 15.2 Å². The molecule has 72 valence electrons. The Morgan fingerprint density at radius 3 is 2.69 bits per heavy atom. The Bertz CT molecular complexity index is 322. The highest BCUT2D eigenvalue weighted by molar-refractivity contribution is 8.01. The minimum Gasteiger partial charge on any atom is -0.480 e. The fraction of sp³-hybridized carbons (Fsp3) is 0.500. The summed E-state index contributed by atoms with van der Waals surface area (Å²) in [7, 11) is 0. The number of aromatic amines is 1. The van der Waals surface area contributed by atoms with Crippen LogP contribution in [0.25, 0.3) is 0 Å². The van der Waals surface area contributed by atoms with Gasteiger partial charge >= 0.3 is 5.97 Å². The molecule has 7 heteroatoms. The first-order valence-corrected chi connectivity index (χ1v) is 4.34. The predicted molar refractivity (Wildman–Crippen MR) is 48.4 cm³/mol. The molecule has 0 bridgehead atoms. The Morgan fingerprint density at radius 1 is 1.69 bits per heavy atom. The number of thioether (sulfide) groups is 1. The van der Waals surface area contributed by atoms with Crippen molar-refractivity contribution in [1.29, 1.82) is 0 Å². The molecule has 0 saturated carbocycles. The van der Waals surface area contributed by atoms with E-state index in [9.17, 15) is 4.79 Å². The van der Waals surface area contributed by atoms with Crippen LogP contribution in [0.2, 0.25) is 0 Å². The molecule has 0 aliphatic carbocycles. The zero-order valence-electron chi connectivity index (χ0n) is 7.24. The van der Waals surface area contributed by atoms with Crippen molar-refractivity contribution >= 4 is 23.7 Å². The second kappa shape index (κ2) is 3.25. The largest absolute Gasteiger partial charge is 0.480 e. The van der Waals surface area contributed by atoms with Gasteiger partial charge in [0.05, 0.1) is 0 Å². The number of hydrogen-bond acceptors (Lipinski definition) is 5. The Labute approximate surface area is 78.9 Å². The Balaban J connectivity index is 2.74. The highest BCUT2D eigenvalue weighted by Crippen LogP contribution is 2.29. The van der Waals surface area contributed by atoms with Crippen molar-refractivity contribution in [2.24, 2.45) is 0 Å². The van der Waals surface area contributed by atoms with E-state index in [1.165, 1.54) is 0 Å². The lowest BCUT2D eigenvalue weighted by Gasteiger charge is -2.15. The van der Waals surface area contributed by atoms with Crippen molar-refractivity contribution in [3.63, 3.8) is 0 Å². The zero-order valence-corrected chi connectivity index (χ0v) is 8.05. The molecule has 1 heterocycles. The van der Waals surface area contributed by atoms with E-state index in [0.29, 0.717) is 5.16 Å². The van der Waals surface area contributed by atoms with Crippen molar-refractivity contribution in [2.75, 3.05) is 5.73 Å². The summed E-state index contributed by atoms with van der Waals surface area (Å²) in [5.41, 5.74) is 5.28. The van der Waals surface area contributed by atoms with Gasteiger partial charge in [-0.25, -0.2) is 5.10 Å². The number of H-pyrrole nitrogens is 1. The third-order valence-electron chi connectivity index (χ3n) is 1.34. The Morgan fingerprint density at radius 2 is 2.31 bits per heavy atom. The van der Waals surface area contributed by atoms with Crippen LogP contribution in [-0.4, -0.2) is 31.0 Å². The van der Waals surface area contributed by atoms with Crippen LogP contribution in [-0.2, 0) is 4.79 Å². The summed E-state index contributed by atoms with van der Waals surface area (Å²) < 4.78 is -0.950. The molecule has 6 nitrogen and oxygen atoms in total. The van der Waals surface area contributed by atoms with Crippen molar-refractivity contribution in [3.05, 3.63) is 0 Å². The Hall–Kier alpha value is -1.24. The lowest BCUT2D eigenvalue weighted by atomic mass is 10.2. The average molecular weight is 202 g/mol. The van der Waals surface area contributed by atoms with Crippen molar-refractivity contribution in [2.45, 2.75) is 23.8 Å². The molecule has 0 radical (unpaired) electrons. The number of nitrogens with zero attached hydrogens (tertiary/aromatic N) is 2. The zero-order chi connectivity index (χ0) is 10.1. The first kappa shape index (κ1) is 9.85. The molecule has 0 spiro atoms. The van der Waals surface area contributed by atoms with Crippen LogP contribution in [0.4, 0.5) is 5.95 Å². The molecule has 0 amide bonds. The first-order chi connectivity index (χ1) is 5.92. The molecule has 0 aliphatic rings. The maximum absolute atomic E-state index is 10.7. The summed E-state index contributed by atoms with van der Waals surface area (Å²) in [5, 5.41) is 15.3. The summed E-state index contributed by atoms with van der Waals surface area (Å²) in [6.45, 7) is 3.15. The minimum absolute atomic E-state index is 0.184. The maximum atomic E-state index is 10.7. The van der Waals surface area contributed by atoms with Gasteiger partial charge in [-0.3, -0.25) is 4.79 Å². The number of carbonyl (C=O) groups is 1. The van der Waals surface area contributed by atoms with Crippen LogP contribution < -0.4 is 5.73 Å². The lowest BCUT2D eigenvalue weighted by Crippen LogP contribution is -2.27. The highest BCUT2D eigenvalue weighted by Gasteiger charge is 2.30. The number of hydrogen-bond donors (Lipinski definition) is 3. The molecular weight excluding hydrogens is 192 g/mol. The van der Waals surface area contributed by atoms with Gasteiger partial charge in [-0.15, -0.1) is 5.10 Å². The van der Waals surface area contributed by atoms with Gasteiger partial charge in [-0.05, 0) is 13.8 Å². The molecule has 1 aromatic rings. The fourth-order valence-corrected chi connectivity index (χ4v) is 1.35. The molecule has 1 aromatic heterocycles. The third kappa shape index (κ3) is 2.35. The third-order valence-corrected chi connectivity index (χ3v) is 2.39. The molecule has 0 aromatic carbocycles. The second-order valence-corrected chi connectivity index (χ2v) is 4.51. The number of carboxylic acids is 1.